The van der Waals surface area contributed by atoms with Crippen molar-refractivity contribution in [1.29, 1.82) is 0 Å². The van der Waals surface area contributed by atoms with Crippen LogP contribution in [0, 0.1) is 5.82 Å². The summed E-state index contributed by atoms with van der Waals surface area (Å²) < 4.78 is 20.3. The highest BCUT2D eigenvalue weighted by Gasteiger charge is 2.09. The first-order valence-corrected chi connectivity index (χ1v) is 8.32. The van der Waals surface area contributed by atoms with E-state index in [1.807, 2.05) is 0 Å². The van der Waals surface area contributed by atoms with Gasteiger partial charge in [-0.2, -0.15) is 0 Å². The summed E-state index contributed by atoms with van der Waals surface area (Å²) in [6.07, 6.45) is 7.96. The molecule has 28 heavy (non-hydrogen) atoms. The zero-order valence-electron chi connectivity index (χ0n) is 14.5. The maximum absolute atomic E-state index is 13.0. The smallest absolute Gasteiger partial charge is 0.255 e. The van der Waals surface area contributed by atoms with Crippen LogP contribution in [0.3, 0.4) is 0 Å². The minimum absolute atomic E-state index is 0.330. The van der Waals surface area contributed by atoms with E-state index >= 15 is 0 Å². The highest BCUT2D eigenvalue weighted by molar-refractivity contribution is 6.04. The van der Waals surface area contributed by atoms with E-state index in [2.05, 4.69) is 20.3 Å². The van der Waals surface area contributed by atoms with Crippen molar-refractivity contribution in [2.45, 2.75) is 0 Å². The van der Waals surface area contributed by atoms with E-state index < -0.39 is 0 Å². The van der Waals surface area contributed by atoms with Gasteiger partial charge in [0.2, 0.25) is 5.95 Å². The van der Waals surface area contributed by atoms with E-state index in [9.17, 15) is 9.18 Å². The molecule has 2 aromatic heterocycles. The third-order valence-corrected chi connectivity index (χ3v) is 3.78. The third-order valence-electron chi connectivity index (χ3n) is 3.78. The number of hydrogen-bond donors (Lipinski definition) is 1. The molecule has 0 bridgehead atoms. The SMILES string of the molecule is O=C(Nc1cnc(-n2ccnc2)nc1)c1cccc(Oc2ccc(F)cc2)c1. The summed E-state index contributed by atoms with van der Waals surface area (Å²) in [5.74, 6) is 0.712. The van der Waals surface area contributed by atoms with Crippen molar-refractivity contribution < 1.29 is 13.9 Å². The number of rotatable bonds is 5. The number of ether oxygens (including phenoxy) is 1. The fraction of sp³-hybridized carbons (Fsp3) is 0. The summed E-state index contributed by atoms with van der Waals surface area (Å²) in [5.41, 5.74) is 0.858. The summed E-state index contributed by atoms with van der Waals surface area (Å²) in [4.78, 5) is 24.8. The fourth-order valence-electron chi connectivity index (χ4n) is 2.44. The number of amides is 1. The molecule has 4 aromatic rings. The predicted octanol–water partition coefficient (Wildman–Crippen LogP) is 3.85. The average Bonchev–Trinajstić information content (AvgIpc) is 3.25. The molecule has 2 aromatic carbocycles. The van der Waals surface area contributed by atoms with Crippen molar-refractivity contribution >= 4 is 11.6 Å². The van der Waals surface area contributed by atoms with Gasteiger partial charge in [-0.25, -0.2) is 19.3 Å². The van der Waals surface area contributed by atoms with Gasteiger partial charge >= 0.3 is 0 Å². The zero-order chi connectivity index (χ0) is 19.3. The highest BCUT2D eigenvalue weighted by Crippen LogP contribution is 2.23. The van der Waals surface area contributed by atoms with Crippen molar-refractivity contribution in [2.75, 3.05) is 5.32 Å². The van der Waals surface area contributed by atoms with Crippen LogP contribution in [0.25, 0.3) is 5.95 Å². The molecule has 7 nitrogen and oxygen atoms in total. The molecule has 0 unspecified atom stereocenters. The predicted molar refractivity (Wildman–Crippen MR) is 100 cm³/mol. The number of anilines is 1. The topological polar surface area (TPSA) is 81.9 Å². The van der Waals surface area contributed by atoms with Gasteiger partial charge in [0.15, 0.2) is 0 Å². The van der Waals surface area contributed by atoms with E-state index in [-0.39, 0.29) is 11.7 Å². The lowest BCUT2D eigenvalue weighted by Crippen LogP contribution is -2.12. The summed E-state index contributed by atoms with van der Waals surface area (Å²) >= 11 is 0. The average molecular weight is 375 g/mol. The molecule has 0 aliphatic heterocycles. The van der Waals surface area contributed by atoms with Crippen LogP contribution in [0.5, 0.6) is 11.5 Å². The van der Waals surface area contributed by atoms with Gasteiger partial charge in [0.05, 0.1) is 18.1 Å². The molecular formula is C20H14FN5O2. The van der Waals surface area contributed by atoms with E-state index in [0.29, 0.717) is 28.7 Å². The molecular weight excluding hydrogens is 361 g/mol. The number of nitrogens with one attached hydrogen (secondary N) is 1. The lowest BCUT2D eigenvalue weighted by atomic mass is 10.2. The van der Waals surface area contributed by atoms with Crippen LogP contribution in [-0.2, 0) is 0 Å². The molecule has 1 N–H and O–H groups in total. The molecule has 1 amide bonds. The van der Waals surface area contributed by atoms with E-state index in [4.69, 9.17) is 4.74 Å². The van der Waals surface area contributed by atoms with Crippen LogP contribution in [0.1, 0.15) is 10.4 Å². The van der Waals surface area contributed by atoms with Crippen molar-refractivity contribution in [1.82, 2.24) is 19.5 Å². The Balaban J connectivity index is 1.45. The number of hydrogen-bond acceptors (Lipinski definition) is 5. The molecule has 0 fully saturated rings. The molecule has 0 saturated heterocycles. The van der Waals surface area contributed by atoms with Crippen molar-refractivity contribution in [3.05, 3.63) is 91.0 Å². The molecule has 0 spiro atoms. The first-order chi connectivity index (χ1) is 13.7. The third kappa shape index (κ3) is 4.01. The number of carbonyl (C=O) groups excluding carboxylic acids is 1. The lowest BCUT2D eigenvalue weighted by Gasteiger charge is -2.09. The lowest BCUT2D eigenvalue weighted by molar-refractivity contribution is 0.102. The number of carbonyl (C=O) groups is 1. The number of halogens is 1. The minimum atomic E-state index is -0.346. The maximum Gasteiger partial charge on any atom is 0.255 e. The molecule has 4 rings (SSSR count). The summed E-state index contributed by atoms with van der Waals surface area (Å²) in [5, 5.41) is 2.74. The van der Waals surface area contributed by atoms with Gasteiger partial charge in [0.25, 0.3) is 5.91 Å². The van der Waals surface area contributed by atoms with Gasteiger partial charge in [-0.3, -0.25) is 9.36 Å². The Hall–Kier alpha value is -4.07. The molecule has 138 valence electrons. The number of imidazole rings is 1. The van der Waals surface area contributed by atoms with Crippen LogP contribution < -0.4 is 10.1 Å². The second-order valence-corrected chi connectivity index (χ2v) is 5.78. The van der Waals surface area contributed by atoms with Crippen molar-refractivity contribution in [3.63, 3.8) is 0 Å². The summed E-state index contributed by atoms with van der Waals surface area (Å²) in [6, 6.07) is 12.3. The van der Waals surface area contributed by atoms with Gasteiger partial charge < -0.3 is 10.1 Å². The van der Waals surface area contributed by atoms with Crippen LogP contribution in [0.15, 0.2) is 79.6 Å². The Labute approximate surface area is 159 Å². The molecule has 8 heteroatoms. The Morgan fingerprint density at radius 2 is 1.82 bits per heavy atom. The van der Waals surface area contributed by atoms with Crippen LogP contribution in [0.4, 0.5) is 10.1 Å². The van der Waals surface area contributed by atoms with Crippen LogP contribution in [0.2, 0.25) is 0 Å². The summed E-state index contributed by atoms with van der Waals surface area (Å²) in [7, 11) is 0. The Kier molecular flexibility index (Phi) is 4.75. The van der Waals surface area contributed by atoms with Gasteiger partial charge in [-0.1, -0.05) is 6.07 Å². The van der Waals surface area contributed by atoms with Gasteiger partial charge in [-0.15, -0.1) is 0 Å². The normalized spacial score (nSPS) is 10.5. The van der Waals surface area contributed by atoms with Crippen LogP contribution in [-0.4, -0.2) is 25.4 Å². The Morgan fingerprint density at radius 1 is 1.04 bits per heavy atom. The molecule has 0 atom stereocenters. The second-order valence-electron chi connectivity index (χ2n) is 5.78. The van der Waals surface area contributed by atoms with Crippen molar-refractivity contribution in [3.8, 4) is 17.4 Å². The van der Waals surface area contributed by atoms with E-state index in [1.165, 1.54) is 36.7 Å². The monoisotopic (exact) mass is 375 g/mol. The van der Waals surface area contributed by atoms with Crippen LogP contribution >= 0.6 is 0 Å². The van der Waals surface area contributed by atoms with Gasteiger partial charge in [0, 0.05) is 18.0 Å². The quantitative estimate of drug-likeness (QED) is 0.573. The molecule has 2 heterocycles. The number of nitrogens with zero attached hydrogens (tertiary/aromatic N) is 4. The Morgan fingerprint density at radius 3 is 2.54 bits per heavy atom. The largest absolute Gasteiger partial charge is 0.457 e. The fourth-order valence-corrected chi connectivity index (χ4v) is 2.44. The Bertz CT molecular complexity index is 1080. The first-order valence-electron chi connectivity index (χ1n) is 8.32. The van der Waals surface area contributed by atoms with Gasteiger partial charge in [-0.05, 0) is 42.5 Å². The second kappa shape index (κ2) is 7.67. The standard InChI is InChI=1S/C20H14FN5O2/c21-15-4-6-17(7-5-15)28-18-3-1-2-14(10-18)19(27)25-16-11-23-20(24-12-16)26-9-8-22-13-26/h1-13H,(H,25,27). The molecule has 0 saturated carbocycles. The highest BCUT2D eigenvalue weighted by atomic mass is 19.1. The minimum Gasteiger partial charge on any atom is -0.457 e. The van der Waals surface area contributed by atoms with Crippen molar-refractivity contribution in [2.24, 2.45) is 0 Å². The van der Waals surface area contributed by atoms with Gasteiger partial charge in [0.1, 0.15) is 23.6 Å². The zero-order valence-corrected chi connectivity index (χ0v) is 14.5. The molecule has 0 aliphatic carbocycles. The maximum atomic E-state index is 13.0. The number of benzene rings is 2. The first kappa shape index (κ1) is 17.3. The molecule has 0 radical (unpaired) electrons. The summed E-state index contributed by atoms with van der Waals surface area (Å²) in [6.45, 7) is 0. The number of aromatic nitrogens is 4. The van der Waals surface area contributed by atoms with E-state index in [0.717, 1.165) is 0 Å². The van der Waals surface area contributed by atoms with E-state index in [1.54, 1.807) is 47.6 Å². The molecule has 0 aliphatic rings.